The molecule has 1 fully saturated rings. The number of carbonyl (C=O) groups is 1. The molecule has 0 radical (unpaired) electrons. The second-order valence-electron chi connectivity index (χ2n) is 7.31. The van der Waals surface area contributed by atoms with Crippen molar-refractivity contribution >= 4 is 5.91 Å². The fourth-order valence-corrected chi connectivity index (χ4v) is 3.82. The SMILES string of the molecule is O=C(CC(c1ccccc1)c1ccccc1)N1CCC(Oc2ncccn2)CC1. The van der Waals surface area contributed by atoms with Crippen LogP contribution in [0.4, 0.5) is 0 Å². The standard InChI is InChI=1S/C24H25N3O2/c28-23(27-16-12-21(13-17-27)29-24-25-14-7-15-26-24)18-22(19-8-3-1-4-9-19)20-10-5-2-6-11-20/h1-11,14-15,21-22H,12-13,16-18H2. The van der Waals surface area contributed by atoms with E-state index in [1.165, 1.54) is 11.1 Å². The quantitative estimate of drug-likeness (QED) is 0.640. The number of amides is 1. The number of aromatic nitrogens is 2. The Morgan fingerprint density at radius 1 is 0.897 bits per heavy atom. The Morgan fingerprint density at radius 2 is 1.45 bits per heavy atom. The maximum atomic E-state index is 13.1. The number of hydrogen-bond acceptors (Lipinski definition) is 4. The van der Waals surface area contributed by atoms with E-state index in [-0.39, 0.29) is 17.9 Å². The largest absolute Gasteiger partial charge is 0.460 e. The molecule has 0 N–H and O–H groups in total. The number of ether oxygens (including phenoxy) is 1. The van der Waals surface area contributed by atoms with Crippen LogP contribution in [0.2, 0.25) is 0 Å². The molecule has 0 atom stereocenters. The summed E-state index contributed by atoms with van der Waals surface area (Å²) in [6.07, 6.45) is 5.47. The van der Waals surface area contributed by atoms with E-state index in [0.717, 1.165) is 12.8 Å². The lowest BCUT2D eigenvalue weighted by Crippen LogP contribution is -2.42. The molecule has 0 spiro atoms. The zero-order valence-electron chi connectivity index (χ0n) is 16.4. The first-order chi connectivity index (χ1) is 14.3. The Morgan fingerprint density at radius 3 is 2.00 bits per heavy atom. The fraction of sp³-hybridized carbons (Fsp3) is 0.292. The Bertz CT molecular complexity index is 856. The van der Waals surface area contributed by atoms with Crippen molar-refractivity contribution in [3.8, 4) is 6.01 Å². The molecule has 5 heteroatoms. The van der Waals surface area contributed by atoms with Crippen LogP contribution in [0, 0.1) is 0 Å². The van der Waals surface area contributed by atoms with Crippen molar-refractivity contribution in [1.82, 2.24) is 14.9 Å². The molecule has 1 aromatic heterocycles. The van der Waals surface area contributed by atoms with Crippen LogP contribution in [0.15, 0.2) is 79.1 Å². The van der Waals surface area contributed by atoms with Gasteiger partial charge in [0.2, 0.25) is 5.91 Å². The first kappa shape index (κ1) is 19.1. The molecular weight excluding hydrogens is 362 g/mol. The van der Waals surface area contributed by atoms with Gasteiger partial charge in [0.15, 0.2) is 0 Å². The minimum atomic E-state index is 0.0560. The summed E-state index contributed by atoms with van der Waals surface area (Å²) >= 11 is 0. The average Bonchev–Trinajstić information content (AvgIpc) is 2.80. The van der Waals surface area contributed by atoms with Crippen LogP contribution < -0.4 is 4.74 Å². The summed E-state index contributed by atoms with van der Waals surface area (Å²) in [6, 6.07) is 22.7. The van der Waals surface area contributed by atoms with Gasteiger partial charge < -0.3 is 9.64 Å². The van der Waals surface area contributed by atoms with Crippen LogP contribution >= 0.6 is 0 Å². The molecule has 5 nitrogen and oxygen atoms in total. The summed E-state index contributed by atoms with van der Waals surface area (Å²) < 4.78 is 5.84. The third kappa shape index (κ3) is 4.99. The molecular formula is C24H25N3O2. The van der Waals surface area contributed by atoms with E-state index in [2.05, 4.69) is 34.2 Å². The third-order valence-electron chi connectivity index (χ3n) is 5.39. The summed E-state index contributed by atoms with van der Waals surface area (Å²) in [5, 5.41) is 0. The predicted molar refractivity (Wildman–Crippen MR) is 112 cm³/mol. The van der Waals surface area contributed by atoms with E-state index >= 15 is 0 Å². The van der Waals surface area contributed by atoms with Crippen LogP contribution in [0.25, 0.3) is 0 Å². The second kappa shape index (κ2) is 9.32. The van der Waals surface area contributed by atoms with Crippen LogP contribution in [0.1, 0.15) is 36.3 Å². The Hall–Kier alpha value is -3.21. The molecule has 2 heterocycles. The average molecular weight is 387 g/mol. The molecule has 1 aliphatic heterocycles. The molecule has 1 amide bonds. The van der Waals surface area contributed by atoms with Gasteiger partial charge >= 0.3 is 6.01 Å². The summed E-state index contributed by atoms with van der Waals surface area (Å²) in [5.41, 5.74) is 2.35. The molecule has 3 aromatic rings. The minimum Gasteiger partial charge on any atom is -0.460 e. The van der Waals surface area contributed by atoms with Gasteiger partial charge in [0.1, 0.15) is 6.10 Å². The smallest absolute Gasteiger partial charge is 0.316 e. The van der Waals surface area contributed by atoms with Gasteiger partial charge in [-0.1, -0.05) is 60.7 Å². The summed E-state index contributed by atoms with van der Waals surface area (Å²) in [5.74, 6) is 0.258. The molecule has 4 rings (SSSR count). The van der Waals surface area contributed by atoms with E-state index in [1.807, 2.05) is 41.3 Å². The van der Waals surface area contributed by atoms with E-state index in [4.69, 9.17) is 4.74 Å². The highest BCUT2D eigenvalue weighted by Gasteiger charge is 2.27. The highest BCUT2D eigenvalue weighted by molar-refractivity contribution is 5.78. The van der Waals surface area contributed by atoms with Gasteiger partial charge in [-0.15, -0.1) is 0 Å². The number of benzene rings is 2. The topological polar surface area (TPSA) is 55.3 Å². The zero-order chi connectivity index (χ0) is 19.9. The lowest BCUT2D eigenvalue weighted by molar-refractivity contribution is -0.133. The molecule has 1 aliphatic rings. The number of carbonyl (C=O) groups excluding carboxylic acids is 1. The molecule has 0 bridgehead atoms. The number of likely N-dealkylation sites (tertiary alicyclic amines) is 1. The van der Waals surface area contributed by atoms with Crippen molar-refractivity contribution in [2.75, 3.05) is 13.1 Å². The first-order valence-corrected chi connectivity index (χ1v) is 10.1. The summed E-state index contributed by atoms with van der Waals surface area (Å²) in [6.45, 7) is 1.40. The van der Waals surface area contributed by atoms with Crippen LogP contribution in [0.5, 0.6) is 6.01 Å². The molecule has 0 unspecified atom stereocenters. The number of nitrogens with zero attached hydrogens (tertiary/aromatic N) is 3. The van der Waals surface area contributed by atoms with E-state index in [9.17, 15) is 4.79 Å². The van der Waals surface area contributed by atoms with Gasteiger partial charge in [-0.25, -0.2) is 9.97 Å². The molecule has 1 saturated heterocycles. The number of hydrogen-bond donors (Lipinski definition) is 0. The highest BCUT2D eigenvalue weighted by atomic mass is 16.5. The fourth-order valence-electron chi connectivity index (χ4n) is 3.82. The van der Waals surface area contributed by atoms with Crippen molar-refractivity contribution in [1.29, 1.82) is 0 Å². The van der Waals surface area contributed by atoms with Crippen molar-refractivity contribution in [3.63, 3.8) is 0 Å². The minimum absolute atomic E-state index is 0.0560. The number of piperidine rings is 1. The Balaban J connectivity index is 1.39. The first-order valence-electron chi connectivity index (χ1n) is 10.1. The second-order valence-corrected chi connectivity index (χ2v) is 7.31. The van der Waals surface area contributed by atoms with Gasteiger partial charge in [-0.2, -0.15) is 0 Å². The Labute approximate surface area is 171 Å². The normalized spacial score (nSPS) is 14.7. The van der Waals surface area contributed by atoms with Gasteiger partial charge in [-0.3, -0.25) is 4.79 Å². The third-order valence-corrected chi connectivity index (χ3v) is 5.39. The number of rotatable bonds is 6. The van der Waals surface area contributed by atoms with Gasteiger partial charge in [0, 0.05) is 50.7 Å². The lowest BCUT2D eigenvalue weighted by Gasteiger charge is -2.32. The molecule has 2 aromatic carbocycles. The van der Waals surface area contributed by atoms with E-state index < -0.39 is 0 Å². The summed E-state index contributed by atoms with van der Waals surface area (Å²) in [4.78, 5) is 23.3. The Kier molecular flexibility index (Phi) is 6.15. The predicted octanol–water partition coefficient (Wildman–Crippen LogP) is 4.07. The lowest BCUT2D eigenvalue weighted by atomic mass is 9.88. The van der Waals surface area contributed by atoms with Crippen molar-refractivity contribution in [2.24, 2.45) is 0 Å². The van der Waals surface area contributed by atoms with Gasteiger partial charge in [-0.05, 0) is 17.2 Å². The van der Waals surface area contributed by atoms with Crippen LogP contribution in [0.3, 0.4) is 0 Å². The van der Waals surface area contributed by atoms with Gasteiger partial charge in [0.25, 0.3) is 0 Å². The summed E-state index contributed by atoms with van der Waals surface area (Å²) in [7, 11) is 0. The van der Waals surface area contributed by atoms with Crippen LogP contribution in [-0.4, -0.2) is 40.0 Å². The van der Waals surface area contributed by atoms with Crippen LogP contribution in [-0.2, 0) is 4.79 Å². The highest BCUT2D eigenvalue weighted by Crippen LogP contribution is 2.29. The molecule has 0 saturated carbocycles. The van der Waals surface area contributed by atoms with Crippen molar-refractivity contribution < 1.29 is 9.53 Å². The van der Waals surface area contributed by atoms with Crippen molar-refractivity contribution in [3.05, 3.63) is 90.3 Å². The molecule has 148 valence electrons. The van der Waals surface area contributed by atoms with Gasteiger partial charge in [0.05, 0.1) is 0 Å². The zero-order valence-corrected chi connectivity index (χ0v) is 16.4. The van der Waals surface area contributed by atoms with E-state index in [0.29, 0.717) is 25.5 Å². The molecule has 0 aliphatic carbocycles. The maximum Gasteiger partial charge on any atom is 0.316 e. The maximum absolute atomic E-state index is 13.1. The van der Waals surface area contributed by atoms with Crippen molar-refractivity contribution in [2.45, 2.75) is 31.3 Å². The van der Waals surface area contributed by atoms with E-state index in [1.54, 1.807) is 18.5 Å². The monoisotopic (exact) mass is 387 g/mol. The molecule has 29 heavy (non-hydrogen) atoms.